The van der Waals surface area contributed by atoms with Crippen LogP contribution in [0.1, 0.15) is 5.56 Å². The van der Waals surface area contributed by atoms with Crippen molar-refractivity contribution in [1.82, 2.24) is 9.88 Å². The van der Waals surface area contributed by atoms with Crippen molar-refractivity contribution in [1.29, 1.82) is 0 Å². The molecule has 0 aliphatic rings. The Morgan fingerprint density at radius 3 is 3.00 bits per heavy atom. The molecule has 1 amide bonds. The van der Waals surface area contributed by atoms with Crippen molar-refractivity contribution in [3.8, 4) is 0 Å². The number of nitrogens with two attached hydrogens (primary N) is 1. The van der Waals surface area contributed by atoms with Gasteiger partial charge in [-0.25, -0.2) is 0 Å². The van der Waals surface area contributed by atoms with Gasteiger partial charge >= 0.3 is 0 Å². The lowest BCUT2D eigenvalue weighted by Gasteiger charge is -2.07. The van der Waals surface area contributed by atoms with Gasteiger partial charge in [0.05, 0.1) is 6.61 Å². The summed E-state index contributed by atoms with van der Waals surface area (Å²) in [5, 5.41) is 3.91. The minimum absolute atomic E-state index is 0.0162. The zero-order valence-electron chi connectivity index (χ0n) is 11.1. The summed E-state index contributed by atoms with van der Waals surface area (Å²) in [5.41, 5.74) is 7.75. The van der Waals surface area contributed by atoms with Crippen LogP contribution in [0.3, 0.4) is 0 Å². The number of nitrogens with zero attached hydrogens (tertiary/aromatic N) is 1. The number of hydrogen-bond donors (Lipinski definition) is 2. The van der Waals surface area contributed by atoms with Gasteiger partial charge in [0.1, 0.15) is 6.54 Å². The highest BCUT2D eigenvalue weighted by molar-refractivity contribution is 5.83. The van der Waals surface area contributed by atoms with Gasteiger partial charge in [0.2, 0.25) is 5.91 Å². The summed E-state index contributed by atoms with van der Waals surface area (Å²) in [6, 6.07) is 8.03. The van der Waals surface area contributed by atoms with Gasteiger partial charge in [-0.05, 0) is 29.1 Å². The molecule has 0 spiro atoms. The molecular formula is C14H19N3O2. The van der Waals surface area contributed by atoms with Crippen LogP contribution in [0.4, 0.5) is 0 Å². The van der Waals surface area contributed by atoms with Gasteiger partial charge in [0.25, 0.3) is 0 Å². The first-order valence-corrected chi connectivity index (χ1v) is 6.28. The first-order valence-electron chi connectivity index (χ1n) is 6.28. The number of ether oxygens (including phenoxy) is 1. The molecule has 1 aromatic heterocycles. The molecular weight excluding hydrogens is 242 g/mol. The number of carbonyl (C=O) groups excluding carboxylic acids is 1. The van der Waals surface area contributed by atoms with Crippen LogP contribution in [-0.2, 0) is 22.6 Å². The van der Waals surface area contributed by atoms with Crippen LogP contribution in [0.25, 0.3) is 10.9 Å². The molecule has 0 aliphatic carbocycles. The first kappa shape index (κ1) is 13.6. The second kappa shape index (κ2) is 6.36. The van der Waals surface area contributed by atoms with Gasteiger partial charge in [0.15, 0.2) is 0 Å². The van der Waals surface area contributed by atoms with Crippen LogP contribution < -0.4 is 11.1 Å². The minimum Gasteiger partial charge on any atom is -0.383 e. The average Bonchev–Trinajstić information content (AvgIpc) is 2.81. The molecule has 0 bridgehead atoms. The number of rotatable bonds is 6. The lowest BCUT2D eigenvalue weighted by Crippen LogP contribution is -2.30. The Bertz CT molecular complexity index is 563. The van der Waals surface area contributed by atoms with E-state index in [-0.39, 0.29) is 5.91 Å². The van der Waals surface area contributed by atoms with Crippen molar-refractivity contribution in [2.24, 2.45) is 5.73 Å². The quantitative estimate of drug-likeness (QED) is 0.758. The molecule has 0 saturated carbocycles. The third-order valence-electron chi connectivity index (χ3n) is 3.01. The summed E-state index contributed by atoms with van der Waals surface area (Å²) in [4.78, 5) is 11.7. The number of nitrogens with one attached hydrogen (secondary N) is 1. The highest BCUT2D eigenvalue weighted by atomic mass is 16.5. The second-order valence-electron chi connectivity index (χ2n) is 4.38. The molecule has 0 radical (unpaired) electrons. The highest BCUT2D eigenvalue weighted by Crippen LogP contribution is 2.17. The first-order chi connectivity index (χ1) is 9.24. The fourth-order valence-electron chi connectivity index (χ4n) is 2.02. The largest absolute Gasteiger partial charge is 0.383 e. The molecule has 19 heavy (non-hydrogen) atoms. The van der Waals surface area contributed by atoms with E-state index in [1.54, 1.807) is 7.11 Å². The third kappa shape index (κ3) is 3.33. The van der Waals surface area contributed by atoms with E-state index in [0.29, 0.717) is 26.2 Å². The average molecular weight is 261 g/mol. The number of hydrogen-bond acceptors (Lipinski definition) is 3. The Morgan fingerprint density at radius 2 is 2.26 bits per heavy atom. The van der Waals surface area contributed by atoms with E-state index in [0.717, 1.165) is 16.5 Å². The van der Waals surface area contributed by atoms with Crippen LogP contribution in [0.15, 0.2) is 30.5 Å². The Labute approximate surface area is 112 Å². The van der Waals surface area contributed by atoms with Crippen LogP contribution in [0, 0.1) is 0 Å². The van der Waals surface area contributed by atoms with Gasteiger partial charge in [-0.2, -0.15) is 0 Å². The Hall–Kier alpha value is -1.85. The molecule has 1 heterocycles. The summed E-state index contributed by atoms with van der Waals surface area (Å²) in [5.74, 6) is -0.0162. The number of amides is 1. The molecule has 0 aliphatic heterocycles. The Kier molecular flexibility index (Phi) is 4.54. The molecule has 2 aromatic rings. The van der Waals surface area contributed by atoms with E-state index in [1.807, 2.05) is 29.0 Å². The molecule has 1 aromatic carbocycles. The number of benzene rings is 1. The van der Waals surface area contributed by atoms with Crippen molar-refractivity contribution < 1.29 is 9.53 Å². The minimum atomic E-state index is -0.0162. The molecule has 2 rings (SSSR count). The SMILES string of the molecule is COCCNC(=O)Cn1ccc2cc(CN)ccc21. The molecule has 0 atom stereocenters. The van der Waals surface area contributed by atoms with Gasteiger partial charge in [0, 0.05) is 31.9 Å². The van der Waals surface area contributed by atoms with Crippen molar-refractivity contribution >= 4 is 16.8 Å². The van der Waals surface area contributed by atoms with Crippen LogP contribution in [0.5, 0.6) is 0 Å². The fourth-order valence-corrected chi connectivity index (χ4v) is 2.02. The lowest BCUT2D eigenvalue weighted by molar-refractivity contribution is -0.121. The van der Waals surface area contributed by atoms with Gasteiger partial charge in [-0.1, -0.05) is 6.07 Å². The zero-order valence-corrected chi connectivity index (χ0v) is 11.1. The maximum atomic E-state index is 11.7. The molecule has 5 heteroatoms. The molecule has 5 nitrogen and oxygen atoms in total. The van der Waals surface area contributed by atoms with E-state index < -0.39 is 0 Å². The molecule has 3 N–H and O–H groups in total. The second-order valence-corrected chi connectivity index (χ2v) is 4.38. The van der Waals surface area contributed by atoms with E-state index in [1.165, 1.54) is 0 Å². The molecule has 0 unspecified atom stereocenters. The van der Waals surface area contributed by atoms with Gasteiger partial charge in [-0.15, -0.1) is 0 Å². The topological polar surface area (TPSA) is 69.3 Å². The summed E-state index contributed by atoms with van der Waals surface area (Å²) >= 11 is 0. The summed E-state index contributed by atoms with van der Waals surface area (Å²) < 4.78 is 6.82. The highest BCUT2D eigenvalue weighted by Gasteiger charge is 2.06. The smallest absolute Gasteiger partial charge is 0.240 e. The van der Waals surface area contributed by atoms with Crippen molar-refractivity contribution in [3.63, 3.8) is 0 Å². The third-order valence-corrected chi connectivity index (χ3v) is 3.01. The van der Waals surface area contributed by atoms with Crippen molar-refractivity contribution in [2.75, 3.05) is 20.3 Å². The zero-order chi connectivity index (χ0) is 13.7. The monoisotopic (exact) mass is 261 g/mol. The summed E-state index contributed by atoms with van der Waals surface area (Å²) in [6.45, 7) is 1.90. The fraction of sp³-hybridized carbons (Fsp3) is 0.357. The summed E-state index contributed by atoms with van der Waals surface area (Å²) in [6.07, 6.45) is 1.92. The molecule has 0 fully saturated rings. The number of carbonyl (C=O) groups is 1. The number of fused-ring (bicyclic) bond motifs is 1. The molecule has 0 saturated heterocycles. The number of methoxy groups -OCH3 is 1. The normalized spacial score (nSPS) is 10.8. The van der Waals surface area contributed by atoms with Crippen molar-refractivity contribution in [2.45, 2.75) is 13.1 Å². The maximum absolute atomic E-state index is 11.7. The predicted molar refractivity (Wildman–Crippen MR) is 74.7 cm³/mol. The van der Waals surface area contributed by atoms with E-state index >= 15 is 0 Å². The van der Waals surface area contributed by atoms with Crippen LogP contribution in [0.2, 0.25) is 0 Å². The van der Waals surface area contributed by atoms with E-state index in [2.05, 4.69) is 11.4 Å². The Balaban J connectivity index is 2.06. The van der Waals surface area contributed by atoms with E-state index in [9.17, 15) is 4.79 Å². The van der Waals surface area contributed by atoms with Gasteiger partial charge in [-0.3, -0.25) is 4.79 Å². The standard InChI is InChI=1S/C14H19N3O2/c1-19-7-5-16-14(18)10-17-6-4-12-8-11(9-15)2-3-13(12)17/h2-4,6,8H,5,7,9-10,15H2,1H3,(H,16,18). The maximum Gasteiger partial charge on any atom is 0.240 e. The summed E-state index contributed by atoms with van der Waals surface area (Å²) in [7, 11) is 1.61. The van der Waals surface area contributed by atoms with Crippen LogP contribution >= 0.6 is 0 Å². The van der Waals surface area contributed by atoms with Gasteiger partial charge < -0.3 is 20.4 Å². The Morgan fingerprint density at radius 1 is 1.42 bits per heavy atom. The lowest BCUT2D eigenvalue weighted by atomic mass is 10.1. The molecule has 102 valence electrons. The predicted octanol–water partition coefficient (Wildman–Crippen LogP) is 0.863. The van der Waals surface area contributed by atoms with E-state index in [4.69, 9.17) is 10.5 Å². The van der Waals surface area contributed by atoms with Crippen molar-refractivity contribution in [3.05, 3.63) is 36.0 Å². The number of aromatic nitrogens is 1. The van der Waals surface area contributed by atoms with Crippen LogP contribution in [-0.4, -0.2) is 30.7 Å².